The number of benzene rings is 2. The first-order valence-corrected chi connectivity index (χ1v) is 16.6. The molecule has 2 fully saturated rings. The van der Waals surface area contributed by atoms with Gasteiger partial charge in [0.2, 0.25) is 21.9 Å². The van der Waals surface area contributed by atoms with Crippen LogP contribution in [-0.4, -0.2) is 88.4 Å². The number of rotatable bonds is 9. The third kappa shape index (κ3) is 6.58. The van der Waals surface area contributed by atoms with Gasteiger partial charge >= 0.3 is 0 Å². The molecule has 1 amide bonds. The fourth-order valence-corrected chi connectivity index (χ4v) is 7.54. The maximum atomic E-state index is 13.3. The minimum absolute atomic E-state index is 0.113. The van der Waals surface area contributed by atoms with Crippen molar-refractivity contribution in [3.63, 3.8) is 0 Å². The lowest BCUT2D eigenvalue weighted by atomic mass is 10.0. The van der Waals surface area contributed by atoms with Crippen LogP contribution in [0.2, 0.25) is 10.0 Å². The van der Waals surface area contributed by atoms with Crippen LogP contribution in [0.5, 0.6) is 5.88 Å². The molecule has 15 heteroatoms. The fourth-order valence-electron chi connectivity index (χ4n) is 5.57. The van der Waals surface area contributed by atoms with E-state index in [1.165, 1.54) is 11.1 Å². The van der Waals surface area contributed by atoms with Gasteiger partial charge in [0.1, 0.15) is 5.56 Å². The number of nitrogens with zero attached hydrogens (tertiary/aromatic N) is 5. The van der Waals surface area contributed by atoms with Crippen molar-refractivity contribution in [2.24, 2.45) is 0 Å². The molecule has 2 saturated heterocycles. The van der Waals surface area contributed by atoms with Crippen LogP contribution in [0.1, 0.15) is 28.8 Å². The van der Waals surface area contributed by atoms with Crippen molar-refractivity contribution in [2.45, 2.75) is 30.7 Å². The Bertz CT molecular complexity index is 1640. The van der Waals surface area contributed by atoms with E-state index in [2.05, 4.69) is 43.9 Å². The van der Waals surface area contributed by atoms with E-state index in [-0.39, 0.29) is 35.9 Å². The summed E-state index contributed by atoms with van der Waals surface area (Å²) >= 11 is 12.6. The van der Waals surface area contributed by atoms with E-state index in [9.17, 15) is 13.2 Å². The van der Waals surface area contributed by atoms with Crippen molar-refractivity contribution < 1.29 is 22.7 Å². The first kappa shape index (κ1) is 30.8. The van der Waals surface area contributed by atoms with Gasteiger partial charge in [-0.2, -0.15) is 4.98 Å². The number of amides is 1. The van der Waals surface area contributed by atoms with Gasteiger partial charge in [-0.15, -0.1) is 0 Å². The molecule has 1 aromatic heterocycles. The molecular formula is C29H33Cl2N7O5S. The van der Waals surface area contributed by atoms with E-state index in [0.717, 1.165) is 31.6 Å². The van der Waals surface area contributed by atoms with Crippen molar-refractivity contribution >= 4 is 62.1 Å². The Hall–Kier alpha value is -3.20. The molecule has 2 aromatic carbocycles. The fraction of sp³-hybridized carbons (Fsp3) is 0.414. The summed E-state index contributed by atoms with van der Waals surface area (Å²) in [6.07, 6.45) is 3.35. The van der Waals surface area contributed by atoms with Crippen LogP contribution in [-0.2, 0) is 20.5 Å². The highest BCUT2D eigenvalue weighted by atomic mass is 35.5. The first-order valence-electron chi connectivity index (χ1n) is 14.2. The minimum atomic E-state index is -3.63. The summed E-state index contributed by atoms with van der Waals surface area (Å²) in [5.74, 6) is -0.279. The maximum Gasteiger partial charge on any atom is 0.268 e. The van der Waals surface area contributed by atoms with E-state index < -0.39 is 15.9 Å². The number of carbonyl (C=O) groups is 1. The number of halogens is 2. The topological polar surface area (TPSA) is 129 Å². The summed E-state index contributed by atoms with van der Waals surface area (Å²) in [7, 11) is 0.545. The van der Waals surface area contributed by atoms with Crippen LogP contribution >= 0.6 is 23.2 Å². The predicted molar refractivity (Wildman–Crippen MR) is 170 cm³/mol. The SMILES string of the molecule is CN(C)C1CCN(c2ccc(Nc3ncc4c(n3)OCN(c3c(Cl)cccc3Cl)C4=O)cc2CS(=O)(=O)NC2COC2)CC1. The quantitative estimate of drug-likeness (QED) is 0.349. The summed E-state index contributed by atoms with van der Waals surface area (Å²) in [5.41, 5.74) is 2.64. The van der Waals surface area contributed by atoms with Crippen LogP contribution in [0.3, 0.4) is 0 Å². The molecule has 3 aromatic rings. The zero-order chi connectivity index (χ0) is 31.0. The normalized spacial score (nSPS) is 17.8. The standard InChI is InChI=1S/C29H33Cl2N7O5S/c1-36(2)21-8-10-37(11-9-21)25-7-6-19(12-18(25)16-44(40,41)35-20-14-42-15-20)33-29-32-13-22-27(34-29)43-17-38(28(22)39)26-23(30)4-3-5-24(26)31/h3-7,12-13,20-21,35H,8-11,14-17H2,1-2H3,(H,32,33,34). The third-order valence-electron chi connectivity index (χ3n) is 7.97. The molecule has 2 N–H and O–H groups in total. The maximum absolute atomic E-state index is 13.3. The Morgan fingerprint density at radius 3 is 2.48 bits per heavy atom. The number of hydrogen-bond acceptors (Lipinski definition) is 10. The first-order chi connectivity index (χ1) is 21.1. The number of ether oxygens (including phenoxy) is 2. The lowest BCUT2D eigenvalue weighted by Crippen LogP contribution is -2.48. The van der Waals surface area contributed by atoms with Crippen LogP contribution in [0.4, 0.5) is 23.0 Å². The number of hydrogen-bond donors (Lipinski definition) is 2. The molecule has 4 heterocycles. The van der Waals surface area contributed by atoms with Crippen molar-refractivity contribution in [2.75, 3.05) is 62.2 Å². The van der Waals surface area contributed by atoms with Gasteiger partial charge in [-0.05, 0) is 62.8 Å². The lowest BCUT2D eigenvalue weighted by Gasteiger charge is -2.37. The molecule has 3 aliphatic heterocycles. The minimum Gasteiger partial charge on any atom is -0.455 e. The summed E-state index contributed by atoms with van der Waals surface area (Å²) in [6, 6.07) is 10.9. The molecule has 0 saturated carbocycles. The molecule has 3 aliphatic rings. The van der Waals surface area contributed by atoms with E-state index in [0.29, 0.717) is 46.2 Å². The second-order valence-electron chi connectivity index (χ2n) is 11.3. The summed E-state index contributed by atoms with van der Waals surface area (Å²) < 4.78 is 39.9. The van der Waals surface area contributed by atoms with Crippen LogP contribution < -0.4 is 24.6 Å². The number of fused-ring (bicyclic) bond motifs is 1. The molecule has 234 valence electrons. The molecule has 0 unspecified atom stereocenters. The lowest BCUT2D eigenvalue weighted by molar-refractivity contribution is 0.00480. The highest BCUT2D eigenvalue weighted by Crippen LogP contribution is 2.37. The zero-order valence-corrected chi connectivity index (χ0v) is 26.6. The molecule has 0 aliphatic carbocycles. The van der Waals surface area contributed by atoms with Gasteiger partial charge in [0.15, 0.2) is 6.73 Å². The molecule has 0 spiro atoms. The Morgan fingerprint density at radius 2 is 1.82 bits per heavy atom. The number of carbonyl (C=O) groups excluding carboxylic acids is 1. The summed E-state index contributed by atoms with van der Waals surface area (Å²) in [6.45, 7) is 2.25. The molecule has 0 bridgehead atoms. The zero-order valence-electron chi connectivity index (χ0n) is 24.3. The van der Waals surface area contributed by atoms with Crippen LogP contribution in [0, 0.1) is 0 Å². The van der Waals surface area contributed by atoms with Crippen molar-refractivity contribution in [3.05, 3.63) is 63.8 Å². The number of para-hydroxylation sites is 1. The van der Waals surface area contributed by atoms with Gasteiger partial charge in [-0.3, -0.25) is 9.69 Å². The van der Waals surface area contributed by atoms with E-state index in [1.807, 2.05) is 12.1 Å². The average molecular weight is 663 g/mol. The molecule has 12 nitrogen and oxygen atoms in total. The van der Waals surface area contributed by atoms with Crippen molar-refractivity contribution in [1.82, 2.24) is 19.6 Å². The van der Waals surface area contributed by atoms with E-state index in [4.69, 9.17) is 32.7 Å². The molecule has 0 radical (unpaired) electrons. The largest absolute Gasteiger partial charge is 0.455 e. The van der Waals surface area contributed by atoms with Gasteiger partial charge in [0, 0.05) is 36.7 Å². The predicted octanol–water partition coefficient (Wildman–Crippen LogP) is 3.87. The van der Waals surface area contributed by atoms with E-state index in [1.54, 1.807) is 24.3 Å². The number of piperidine rings is 1. The van der Waals surface area contributed by atoms with Gasteiger partial charge in [0.25, 0.3) is 5.91 Å². The average Bonchev–Trinajstić information content (AvgIpc) is 2.96. The number of anilines is 4. The van der Waals surface area contributed by atoms with Gasteiger partial charge in [-0.1, -0.05) is 29.3 Å². The highest BCUT2D eigenvalue weighted by Gasteiger charge is 2.32. The third-order valence-corrected chi connectivity index (χ3v) is 9.96. The Balaban J connectivity index is 1.23. The Kier molecular flexibility index (Phi) is 8.86. The van der Waals surface area contributed by atoms with Crippen LogP contribution in [0.25, 0.3) is 0 Å². The number of nitrogens with one attached hydrogen (secondary N) is 2. The Labute approximate surface area is 266 Å². The van der Waals surface area contributed by atoms with E-state index >= 15 is 0 Å². The molecule has 44 heavy (non-hydrogen) atoms. The summed E-state index contributed by atoms with van der Waals surface area (Å²) in [5, 5.41) is 3.77. The molecular weight excluding hydrogens is 629 g/mol. The molecule has 0 atom stereocenters. The van der Waals surface area contributed by atoms with Crippen molar-refractivity contribution in [1.29, 1.82) is 0 Å². The number of aromatic nitrogens is 2. The smallest absolute Gasteiger partial charge is 0.268 e. The summed E-state index contributed by atoms with van der Waals surface area (Å²) in [4.78, 5) is 27.8. The number of sulfonamides is 1. The van der Waals surface area contributed by atoms with Gasteiger partial charge in [-0.25, -0.2) is 18.1 Å². The van der Waals surface area contributed by atoms with Gasteiger partial charge < -0.3 is 24.6 Å². The highest BCUT2D eigenvalue weighted by molar-refractivity contribution is 7.88. The van der Waals surface area contributed by atoms with Crippen molar-refractivity contribution in [3.8, 4) is 5.88 Å². The van der Waals surface area contributed by atoms with Gasteiger partial charge in [0.05, 0.1) is 40.7 Å². The Morgan fingerprint density at radius 1 is 1.09 bits per heavy atom. The molecule has 6 rings (SSSR count). The van der Waals surface area contributed by atoms with Crippen LogP contribution in [0.15, 0.2) is 42.6 Å². The second-order valence-corrected chi connectivity index (χ2v) is 13.8. The second kappa shape index (κ2) is 12.7. The monoisotopic (exact) mass is 661 g/mol.